The molecule has 9 heteroatoms. The Morgan fingerprint density at radius 2 is 1.79 bits per heavy atom. The van der Waals surface area contributed by atoms with Crippen LogP contribution in [-0.2, 0) is 6.61 Å². The molecule has 29 heavy (non-hydrogen) atoms. The van der Waals surface area contributed by atoms with Gasteiger partial charge in [0.1, 0.15) is 18.1 Å². The normalized spacial score (nSPS) is 11.8. The van der Waals surface area contributed by atoms with Gasteiger partial charge in [-0.15, -0.1) is 0 Å². The number of amides is 2. The van der Waals surface area contributed by atoms with Crippen molar-refractivity contribution in [3.63, 3.8) is 0 Å². The minimum atomic E-state index is -0.590. The third kappa shape index (κ3) is 4.52. The van der Waals surface area contributed by atoms with Crippen LogP contribution in [0, 0.1) is 0 Å². The van der Waals surface area contributed by atoms with E-state index in [4.69, 9.17) is 18.6 Å². The van der Waals surface area contributed by atoms with Gasteiger partial charge in [-0.05, 0) is 48.5 Å². The van der Waals surface area contributed by atoms with Crippen molar-refractivity contribution >= 4 is 27.7 Å². The van der Waals surface area contributed by atoms with Gasteiger partial charge in [-0.25, -0.2) is 0 Å². The lowest BCUT2D eigenvalue weighted by atomic mass is 10.2. The van der Waals surface area contributed by atoms with E-state index in [1.165, 1.54) is 12.1 Å². The first kappa shape index (κ1) is 18.9. The van der Waals surface area contributed by atoms with Crippen LogP contribution in [0.4, 0.5) is 0 Å². The summed E-state index contributed by atoms with van der Waals surface area (Å²) in [6.45, 7) is 0.274. The first-order valence-electron chi connectivity index (χ1n) is 8.56. The van der Waals surface area contributed by atoms with Crippen LogP contribution in [0.25, 0.3) is 0 Å². The zero-order chi connectivity index (χ0) is 20.2. The summed E-state index contributed by atoms with van der Waals surface area (Å²) in [7, 11) is 0. The molecule has 0 saturated heterocycles. The van der Waals surface area contributed by atoms with E-state index in [0.717, 1.165) is 4.47 Å². The monoisotopic (exact) mass is 458 g/mol. The third-order valence-electron chi connectivity index (χ3n) is 3.99. The van der Waals surface area contributed by atoms with E-state index in [1.54, 1.807) is 18.2 Å². The Morgan fingerprint density at radius 1 is 0.966 bits per heavy atom. The average molecular weight is 459 g/mol. The SMILES string of the molecule is O=C(NNC(=O)c1ccc(COc2cccc(Br)c2)o1)c1ccc2c(c1)OCO2. The molecule has 0 unspecified atom stereocenters. The minimum Gasteiger partial charge on any atom is -0.486 e. The highest BCUT2D eigenvalue weighted by atomic mass is 79.9. The van der Waals surface area contributed by atoms with E-state index < -0.39 is 11.8 Å². The molecule has 0 radical (unpaired) electrons. The fourth-order valence-corrected chi connectivity index (χ4v) is 2.95. The highest BCUT2D eigenvalue weighted by molar-refractivity contribution is 9.10. The van der Waals surface area contributed by atoms with Gasteiger partial charge in [-0.3, -0.25) is 20.4 Å². The summed E-state index contributed by atoms with van der Waals surface area (Å²) in [5.74, 6) is 1.14. The average Bonchev–Trinajstić information content (AvgIpc) is 3.39. The summed E-state index contributed by atoms with van der Waals surface area (Å²) < 4.78 is 22.4. The number of hydrogen-bond donors (Lipinski definition) is 2. The fraction of sp³-hybridized carbons (Fsp3) is 0.100. The number of benzene rings is 2. The van der Waals surface area contributed by atoms with Crippen molar-refractivity contribution in [1.29, 1.82) is 0 Å². The standard InChI is InChI=1S/C20H15BrN2O6/c21-13-2-1-3-14(9-13)26-10-15-5-7-17(29-15)20(25)23-22-19(24)12-4-6-16-18(8-12)28-11-27-16/h1-9H,10-11H2,(H,22,24)(H,23,25). The Bertz CT molecular complexity index is 1060. The molecule has 148 valence electrons. The van der Waals surface area contributed by atoms with Crippen LogP contribution in [-0.4, -0.2) is 18.6 Å². The quantitative estimate of drug-likeness (QED) is 0.568. The maximum atomic E-state index is 12.2. The first-order chi connectivity index (χ1) is 14.1. The maximum Gasteiger partial charge on any atom is 0.305 e. The zero-order valence-electron chi connectivity index (χ0n) is 14.9. The molecule has 0 fully saturated rings. The van der Waals surface area contributed by atoms with Crippen molar-refractivity contribution < 1.29 is 28.2 Å². The third-order valence-corrected chi connectivity index (χ3v) is 4.48. The largest absolute Gasteiger partial charge is 0.486 e. The number of hydrogen-bond acceptors (Lipinski definition) is 6. The second-order valence-electron chi connectivity index (χ2n) is 5.99. The van der Waals surface area contributed by atoms with Gasteiger partial charge in [0.25, 0.3) is 5.91 Å². The lowest BCUT2D eigenvalue weighted by molar-refractivity contribution is 0.0828. The molecule has 4 rings (SSSR count). The van der Waals surface area contributed by atoms with Gasteiger partial charge in [0.2, 0.25) is 6.79 Å². The molecule has 0 saturated carbocycles. The number of carbonyl (C=O) groups excluding carboxylic acids is 2. The minimum absolute atomic E-state index is 0.0452. The Morgan fingerprint density at radius 3 is 2.66 bits per heavy atom. The van der Waals surface area contributed by atoms with E-state index in [0.29, 0.717) is 28.6 Å². The number of carbonyl (C=O) groups is 2. The van der Waals surface area contributed by atoms with E-state index in [9.17, 15) is 9.59 Å². The molecule has 0 spiro atoms. The topological polar surface area (TPSA) is 99.0 Å². The van der Waals surface area contributed by atoms with Crippen LogP contribution in [0.1, 0.15) is 26.7 Å². The Balaban J connectivity index is 1.30. The van der Waals surface area contributed by atoms with Crippen LogP contribution < -0.4 is 25.1 Å². The molecule has 3 aromatic rings. The van der Waals surface area contributed by atoms with Crippen LogP contribution in [0.2, 0.25) is 0 Å². The second-order valence-corrected chi connectivity index (χ2v) is 6.90. The lowest BCUT2D eigenvalue weighted by Crippen LogP contribution is -2.41. The van der Waals surface area contributed by atoms with Gasteiger partial charge in [-0.2, -0.15) is 0 Å². The van der Waals surface area contributed by atoms with Crippen molar-refractivity contribution in [2.75, 3.05) is 6.79 Å². The fourth-order valence-electron chi connectivity index (χ4n) is 2.57. The van der Waals surface area contributed by atoms with Gasteiger partial charge in [-0.1, -0.05) is 22.0 Å². The molecule has 2 heterocycles. The van der Waals surface area contributed by atoms with E-state index in [1.807, 2.05) is 24.3 Å². The maximum absolute atomic E-state index is 12.2. The zero-order valence-corrected chi connectivity index (χ0v) is 16.5. The molecular weight excluding hydrogens is 444 g/mol. The van der Waals surface area contributed by atoms with Gasteiger partial charge >= 0.3 is 5.91 Å². The number of halogens is 1. The second kappa shape index (κ2) is 8.27. The molecule has 8 nitrogen and oxygen atoms in total. The molecule has 2 aromatic carbocycles. The van der Waals surface area contributed by atoms with Gasteiger partial charge < -0.3 is 18.6 Å². The highest BCUT2D eigenvalue weighted by Gasteiger charge is 2.17. The number of nitrogens with one attached hydrogen (secondary N) is 2. The van der Waals surface area contributed by atoms with Gasteiger partial charge in [0.15, 0.2) is 17.3 Å². The highest BCUT2D eigenvalue weighted by Crippen LogP contribution is 2.32. The molecule has 0 atom stereocenters. The Hall–Kier alpha value is -3.46. The van der Waals surface area contributed by atoms with Crippen molar-refractivity contribution in [3.8, 4) is 17.2 Å². The number of ether oxygens (including phenoxy) is 3. The smallest absolute Gasteiger partial charge is 0.305 e. The van der Waals surface area contributed by atoms with Crippen LogP contribution >= 0.6 is 15.9 Å². The number of fused-ring (bicyclic) bond motifs is 1. The molecule has 1 aliphatic heterocycles. The summed E-state index contributed by atoms with van der Waals surface area (Å²) in [4.78, 5) is 24.4. The number of furan rings is 1. The lowest BCUT2D eigenvalue weighted by Gasteiger charge is -2.07. The molecule has 0 bridgehead atoms. The molecule has 2 N–H and O–H groups in total. The van der Waals surface area contributed by atoms with Crippen molar-refractivity contribution in [1.82, 2.24) is 10.9 Å². The summed E-state index contributed by atoms with van der Waals surface area (Å²) in [5.41, 5.74) is 4.96. The number of hydrazine groups is 1. The first-order valence-corrected chi connectivity index (χ1v) is 9.35. The van der Waals surface area contributed by atoms with Crippen molar-refractivity contribution in [2.24, 2.45) is 0 Å². The Labute approximate surface area is 173 Å². The summed E-state index contributed by atoms with van der Waals surface area (Å²) in [6.07, 6.45) is 0. The van der Waals surface area contributed by atoms with Crippen molar-refractivity contribution in [2.45, 2.75) is 6.61 Å². The predicted octanol–water partition coefficient (Wildman–Crippen LogP) is 3.42. The summed E-state index contributed by atoms with van der Waals surface area (Å²) in [5, 5.41) is 0. The summed E-state index contributed by atoms with van der Waals surface area (Å²) >= 11 is 3.37. The van der Waals surface area contributed by atoms with Crippen LogP contribution in [0.5, 0.6) is 17.2 Å². The van der Waals surface area contributed by atoms with E-state index in [2.05, 4.69) is 26.8 Å². The summed E-state index contributed by atoms with van der Waals surface area (Å²) in [6, 6.07) is 15.2. The molecule has 1 aliphatic rings. The molecule has 1 aromatic heterocycles. The van der Waals surface area contributed by atoms with Crippen LogP contribution in [0.3, 0.4) is 0 Å². The van der Waals surface area contributed by atoms with Crippen molar-refractivity contribution in [3.05, 3.63) is 76.2 Å². The van der Waals surface area contributed by atoms with Gasteiger partial charge in [0, 0.05) is 10.0 Å². The van der Waals surface area contributed by atoms with E-state index >= 15 is 0 Å². The Kier molecular flexibility index (Phi) is 5.39. The molecule has 0 aliphatic carbocycles. The molecular formula is C20H15BrN2O6. The van der Waals surface area contributed by atoms with Crippen LogP contribution in [0.15, 0.2) is 63.5 Å². The predicted molar refractivity (Wildman–Crippen MR) is 105 cm³/mol. The van der Waals surface area contributed by atoms with E-state index in [-0.39, 0.29) is 19.2 Å². The number of rotatable bonds is 5. The molecule has 2 amide bonds. The van der Waals surface area contributed by atoms with Gasteiger partial charge in [0.05, 0.1) is 0 Å².